The molecule has 1 aromatic heterocycles. The molecule has 6 rings (SSSR count). The number of carbonyl (C=O) groups excluding carboxylic acids is 2. The number of carbonyl (C=O) groups is 2. The molecule has 5 aromatic carbocycles. The van der Waals surface area contributed by atoms with Crippen LogP contribution in [0, 0.1) is 0 Å². The smallest absolute Gasteiger partial charge is 0.416 e. The molecule has 2 N–H and O–H groups in total. The van der Waals surface area contributed by atoms with E-state index in [0.717, 1.165) is 34.9 Å². The minimum atomic E-state index is -4.55. The molecule has 0 spiro atoms. The Hall–Kier alpha value is -6.56. The largest absolute Gasteiger partial charge is 0.443 e. The van der Waals surface area contributed by atoms with Crippen molar-refractivity contribution in [1.82, 2.24) is 9.78 Å². The lowest BCUT2D eigenvalue weighted by molar-refractivity contribution is -0.137. The summed E-state index contributed by atoms with van der Waals surface area (Å²) in [6.07, 6.45) is -3.42. The predicted octanol–water partition coefficient (Wildman–Crippen LogP) is 10.1. The van der Waals surface area contributed by atoms with Crippen molar-refractivity contribution in [2.24, 2.45) is 0 Å². The summed E-state index contributed by atoms with van der Waals surface area (Å²) in [6.45, 7) is 5.82. The number of hydrogen-bond acceptors (Lipinski definition) is 6. The molecular weight excluding hydrogens is 730 g/mol. The first kappa shape index (κ1) is 40.1. The zero-order valence-corrected chi connectivity index (χ0v) is 32.4. The third-order valence-electron chi connectivity index (χ3n) is 9.29. The monoisotopic (exact) mass is 774 g/mol. The molecule has 0 fully saturated rings. The van der Waals surface area contributed by atoms with Crippen molar-refractivity contribution < 1.29 is 27.5 Å². The molecule has 6 aromatic rings. The fraction of sp³-hybridized carbons (Fsp3) is 0.222. The summed E-state index contributed by atoms with van der Waals surface area (Å²) in [5.74, 6) is 0.134. The Kier molecular flexibility index (Phi) is 11.7. The Morgan fingerprint density at radius 1 is 0.719 bits per heavy atom. The lowest BCUT2D eigenvalue weighted by Crippen LogP contribution is -2.40. The molecule has 9 nitrogen and oxygen atoms in total. The normalized spacial score (nSPS) is 11.8. The highest BCUT2D eigenvalue weighted by molar-refractivity contribution is 6.08. The topological polar surface area (TPSA) is 91.7 Å². The number of hydrogen-bond donors (Lipinski definition) is 2. The van der Waals surface area contributed by atoms with E-state index in [9.17, 15) is 22.8 Å². The van der Waals surface area contributed by atoms with Gasteiger partial charge in [0, 0.05) is 43.8 Å². The van der Waals surface area contributed by atoms with Gasteiger partial charge in [0.1, 0.15) is 17.0 Å². The summed E-state index contributed by atoms with van der Waals surface area (Å²) in [5, 5.41) is 11.3. The van der Waals surface area contributed by atoms with Crippen molar-refractivity contribution in [2.45, 2.75) is 44.6 Å². The van der Waals surface area contributed by atoms with Crippen molar-refractivity contribution in [3.63, 3.8) is 0 Å². The summed E-state index contributed by atoms with van der Waals surface area (Å²) in [4.78, 5) is 30.0. The quantitative estimate of drug-likeness (QED) is 0.120. The molecule has 0 bridgehead atoms. The highest BCUT2D eigenvalue weighted by Crippen LogP contribution is 2.40. The molecule has 1 heterocycles. The lowest BCUT2D eigenvalue weighted by atomic mass is 9.77. The van der Waals surface area contributed by atoms with Crippen LogP contribution in [0.5, 0.6) is 0 Å². The van der Waals surface area contributed by atoms with Crippen molar-refractivity contribution in [2.75, 3.05) is 41.1 Å². The lowest BCUT2D eigenvalue weighted by Gasteiger charge is -2.38. The minimum absolute atomic E-state index is 0.0758. The van der Waals surface area contributed by atoms with Gasteiger partial charge < -0.3 is 20.3 Å². The van der Waals surface area contributed by atoms with Gasteiger partial charge >= 0.3 is 12.3 Å². The van der Waals surface area contributed by atoms with Crippen LogP contribution in [0.2, 0.25) is 0 Å². The maximum absolute atomic E-state index is 13.7. The molecule has 0 aliphatic heterocycles. The van der Waals surface area contributed by atoms with Gasteiger partial charge in [0.25, 0.3) is 5.91 Å². The van der Waals surface area contributed by atoms with Crippen molar-refractivity contribution in [3.05, 3.63) is 174 Å². The standard InChI is InChI=1S/C45H45F3N6O3/c1-43(2,3)57-42(56)53(37-24-22-36(23-25-37)50-41(55)38-26-21-35(45(46,47)48)31-39(38)52(4)5)29-30-54-40(27-28-49-54)51-44(32-15-9-6-10-16-32,33-17-11-7-12-18-33)34-19-13-8-14-20-34/h6-28,31,51H,29-30H2,1-5H3,(H,50,55). The van der Waals surface area contributed by atoms with Crippen molar-refractivity contribution >= 4 is 34.9 Å². The molecule has 0 radical (unpaired) electrons. The van der Waals surface area contributed by atoms with Gasteiger partial charge in [-0.1, -0.05) is 91.0 Å². The minimum Gasteiger partial charge on any atom is -0.443 e. The number of alkyl halides is 3. The molecule has 0 aliphatic carbocycles. The number of halogens is 3. The van der Waals surface area contributed by atoms with E-state index in [1.165, 1.54) is 9.80 Å². The molecule has 0 unspecified atom stereocenters. The predicted molar refractivity (Wildman–Crippen MR) is 219 cm³/mol. The second kappa shape index (κ2) is 16.7. The van der Waals surface area contributed by atoms with E-state index in [1.54, 1.807) is 65.3 Å². The van der Waals surface area contributed by atoms with E-state index < -0.39 is 34.9 Å². The van der Waals surface area contributed by atoms with Gasteiger partial charge in [-0.15, -0.1) is 0 Å². The first-order valence-electron chi connectivity index (χ1n) is 18.4. The van der Waals surface area contributed by atoms with E-state index in [0.29, 0.717) is 17.2 Å². The first-order valence-corrected chi connectivity index (χ1v) is 18.4. The molecule has 0 saturated heterocycles. The van der Waals surface area contributed by atoms with Crippen LogP contribution in [-0.2, 0) is 23.0 Å². The van der Waals surface area contributed by atoms with Crippen molar-refractivity contribution in [1.29, 1.82) is 0 Å². The Labute approximate surface area is 330 Å². The van der Waals surface area contributed by atoms with E-state index >= 15 is 0 Å². The summed E-state index contributed by atoms with van der Waals surface area (Å²) in [6, 6.07) is 42.1. The van der Waals surface area contributed by atoms with Crippen LogP contribution < -0.4 is 20.4 Å². The van der Waals surface area contributed by atoms with Crippen LogP contribution >= 0.6 is 0 Å². The van der Waals surface area contributed by atoms with Crippen LogP contribution in [0.15, 0.2) is 146 Å². The number of nitrogens with zero attached hydrogens (tertiary/aromatic N) is 4. The fourth-order valence-electron chi connectivity index (χ4n) is 6.62. The van der Waals surface area contributed by atoms with Gasteiger partial charge in [-0.05, 0) is 79.9 Å². The zero-order chi connectivity index (χ0) is 40.8. The third kappa shape index (κ3) is 9.29. The molecule has 294 valence electrons. The van der Waals surface area contributed by atoms with Crippen LogP contribution in [0.1, 0.15) is 53.4 Å². The van der Waals surface area contributed by atoms with Crippen LogP contribution in [0.25, 0.3) is 0 Å². The number of nitrogens with one attached hydrogen (secondary N) is 2. The Balaban J connectivity index is 1.28. The Morgan fingerprint density at radius 3 is 1.75 bits per heavy atom. The van der Waals surface area contributed by atoms with Crippen LogP contribution in [0.4, 0.5) is 40.8 Å². The third-order valence-corrected chi connectivity index (χ3v) is 9.29. The summed E-state index contributed by atoms with van der Waals surface area (Å²) < 4.78 is 47.9. The molecular formula is C45H45F3N6O3. The molecule has 0 saturated carbocycles. The zero-order valence-electron chi connectivity index (χ0n) is 32.4. The van der Waals surface area contributed by atoms with Gasteiger partial charge in [-0.2, -0.15) is 18.3 Å². The fourth-order valence-corrected chi connectivity index (χ4v) is 6.62. The second-order valence-corrected chi connectivity index (χ2v) is 14.7. The number of aromatic nitrogens is 2. The van der Waals surface area contributed by atoms with Crippen molar-refractivity contribution in [3.8, 4) is 0 Å². The molecule has 12 heteroatoms. The summed E-state index contributed by atoms with van der Waals surface area (Å²) in [7, 11) is 3.14. The summed E-state index contributed by atoms with van der Waals surface area (Å²) in [5.41, 5.74) is 1.71. The Morgan fingerprint density at radius 2 is 1.26 bits per heavy atom. The Bertz CT molecular complexity index is 2180. The number of benzene rings is 5. The van der Waals surface area contributed by atoms with E-state index in [-0.39, 0.29) is 24.3 Å². The first-order chi connectivity index (χ1) is 27.2. The van der Waals surface area contributed by atoms with E-state index in [4.69, 9.17) is 4.74 Å². The number of rotatable bonds is 12. The van der Waals surface area contributed by atoms with Crippen LogP contribution in [-0.4, -0.2) is 48.0 Å². The second-order valence-electron chi connectivity index (χ2n) is 14.7. The van der Waals surface area contributed by atoms with Gasteiger partial charge in [-0.3, -0.25) is 9.69 Å². The average molecular weight is 775 g/mol. The molecule has 2 amide bonds. The van der Waals surface area contributed by atoms with Gasteiger partial charge in [0.2, 0.25) is 0 Å². The van der Waals surface area contributed by atoms with Crippen LogP contribution in [0.3, 0.4) is 0 Å². The molecule has 0 atom stereocenters. The number of amides is 2. The van der Waals surface area contributed by atoms with E-state index in [2.05, 4.69) is 52.1 Å². The highest BCUT2D eigenvalue weighted by Gasteiger charge is 2.37. The summed E-state index contributed by atoms with van der Waals surface area (Å²) >= 11 is 0. The maximum Gasteiger partial charge on any atom is 0.416 e. The molecule has 57 heavy (non-hydrogen) atoms. The SMILES string of the molecule is CN(C)c1cc(C(F)(F)F)ccc1C(=O)Nc1ccc(N(CCn2nccc2NC(c2ccccc2)(c2ccccc2)c2ccccc2)C(=O)OC(C)(C)C)cc1. The molecule has 0 aliphatic rings. The number of ether oxygens (including phenoxy) is 1. The van der Waals surface area contributed by atoms with Gasteiger partial charge in [0.15, 0.2) is 0 Å². The maximum atomic E-state index is 13.7. The highest BCUT2D eigenvalue weighted by atomic mass is 19.4. The number of anilines is 4. The van der Waals surface area contributed by atoms with E-state index in [1.807, 2.05) is 65.3 Å². The van der Waals surface area contributed by atoms with Gasteiger partial charge in [0.05, 0.1) is 23.9 Å². The average Bonchev–Trinajstić information content (AvgIpc) is 3.63. The van der Waals surface area contributed by atoms with Gasteiger partial charge in [-0.25, -0.2) is 9.48 Å².